The lowest BCUT2D eigenvalue weighted by Crippen LogP contribution is -2.59. The van der Waals surface area contributed by atoms with Gasteiger partial charge in [-0.1, -0.05) is 172 Å². The summed E-state index contributed by atoms with van der Waals surface area (Å²) in [4.78, 5) is 12.8. The molecule has 1 rings (SSSR count). The Labute approximate surface area is 367 Å². The number of hydrogen-bond donors (Lipinski definition) is 4. The second-order valence-corrected chi connectivity index (χ2v) is 16.9. The highest BCUT2D eigenvalue weighted by molar-refractivity contribution is 5.69. The van der Waals surface area contributed by atoms with Crippen molar-refractivity contribution in [2.24, 2.45) is 0 Å². The predicted molar refractivity (Wildman–Crippen MR) is 247 cm³/mol. The molecule has 0 aromatic rings. The lowest BCUT2D eigenvalue weighted by Gasteiger charge is -2.39. The van der Waals surface area contributed by atoms with Crippen LogP contribution in [0.1, 0.15) is 206 Å². The van der Waals surface area contributed by atoms with Crippen LogP contribution in [0.25, 0.3) is 0 Å². The monoisotopic (exact) mass is 849 g/mol. The number of ether oxygens (including phenoxy) is 4. The van der Waals surface area contributed by atoms with Crippen LogP contribution in [0.15, 0.2) is 48.6 Å². The number of carbonyl (C=O) groups excluding carboxylic acids is 1. The third kappa shape index (κ3) is 32.8. The first-order valence-corrected chi connectivity index (χ1v) is 24.7. The fourth-order valence-electron chi connectivity index (χ4n) is 7.32. The van der Waals surface area contributed by atoms with Crippen LogP contribution in [0.5, 0.6) is 0 Å². The zero-order valence-corrected chi connectivity index (χ0v) is 38.5. The average molecular weight is 849 g/mol. The molecule has 0 bridgehead atoms. The maximum absolute atomic E-state index is 12.8. The van der Waals surface area contributed by atoms with Crippen LogP contribution in [-0.2, 0) is 23.7 Å². The summed E-state index contributed by atoms with van der Waals surface area (Å²) in [7, 11) is 0. The van der Waals surface area contributed by atoms with E-state index in [1.807, 2.05) is 0 Å². The van der Waals surface area contributed by atoms with E-state index in [9.17, 15) is 25.2 Å². The molecule has 1 aliphatic heterocycles. The van der Waals surface area contributed by atoms with Crippen LogP contribution in [-0.4, -0.2) is 89.6 Å². The summed E-state index contributed by atoms with van der Waals surface area (Å²) in [6, 6.07) is 0. The minimum atomic E-state index is -1.54. The molecule has 0 radical (unpaired) electrons. The molecule has 0 amide bonds. The van der Waals surface area contributed by atoms with Gasteiger partial charge in [-0.25, -0.2) is 0 Å². The molecule has 1 fully saturated rings. The van der Waals surface area contributed by atoms with Gasteiger partial charge in [0.25, 0.3) is 0 Å². The van der Waals surface area contributed by atoms with E-state index in [0.717, 1.165) is 57.8 Å². The van der Waals surface area contributed by atoms with Crippen molar-refractivity contribution in [2.45, 2.75) is 243 Å². The Balaban J connectivity index is 2.24. The number of allylic oxidation sites excluding steroid dienone is 8. The van der Waals surface area contributed by atoms with E-state index in [1.54, 1.807) is 0 Å². The smallest absolute Gasteiger partial charge is 0.306 e. The molecule has 0 spiro atoms. The van der Waals surface area contributed by atoms with Crippen molar-refractivity contribution >= 4 is 5.97 Å². The summed E-state index contributed by atoms with van der Waals surface area (Å²) < 4.78 is 22.9. The van der Waals surface area contributed by atoms with Crippen molar-refractivity contribution in [3.63, 3.8) is 0 Å². The Morgan fingerprint density at radius 2 is 0.967 bits per heavy atom. The molecule has 6 unspecified atom stereocenters. The van der Waals surface area contributed by atoms with Gasteiger partial charge in [-0.15, -0.1) is 0 Å². The molecule has 9 nitrogen and oxygen atoms in total. The third-order valence-corrected chi connectivity index (χ3v) is 11.2. The van der Waals surface area contributed by atoms with Crippen LogP contribution in [0.2, 0.25) is 0 Å². The van der Waals surface area contributed by atoms with Gasteiger partial charge >= 0.3 is 5.97 Å². The molecule has 1 saturated heterocycles. The SMILES string of the molecule is CCCCC/C=C\C/C=C\C/C=C\CCCCCCCCCOCC(COC1OC(CO)C(O)C(O)C1O)OC(=O)CCCCCCCCC/C=C\CCCCCCCC. The van der Waals surface area contributed by atoms with Crippen LogP contribution in [0.3, 0.4) is 0 Å². The zero-order chi connectivity index (χ0) is 43.6. The van der Waals surface area contributed by atoms with Crippen molar-refractivity contribution in [3.8, 4) is 0 Å². The first kappa shape index (κ1) is 56.2. The molecule has 60 heavy (non-hydrogen) atoms. The molecule has 0 aromatic carbocycles. The summed E-state index contributed by atoms with van der Waals surface area (Å²) in [5.41, 5.74) is 0. The van der Waals surface area contributed by atoms with Crippen LogP contribution < -0.4 is 0 Å². The lowest BCUT2D eigenvalue weighted by molar-refractivity contribution is -0.305. The van der Waals surface area contributed by atoms with Gasteiger partial charge in [0.05, 0.1) is 19.8 Å². The minimum absolute atomic E-state index is 0.120. The highest BCUT2D eigenvalue weighted by Gasteiger charge is 2.44. The van der Waals surface area contributed by atoms with Crippen LogP contribution in [0, 0.1) is 0 Å². The van der Waals surface area contributed by atoms with Crippen LogP contribution in [0.4, 0.5) is 0 Å². The fraction of sp³-hybridized carbons (Fsp3) is 0.824. The van der Waals surface area contributed by atoms with E-state index in [4.69, 9.17) is 18.9 Å². The fourth-order valence-corrected chi connectivity index (χ4v) is 7.32. The summed E-state index contributed by atoms with van der Waals surface area (Å²) in [6.45, 7) is 4.51. The Morgan fingerprint density at radius 3 is 1.50 bits per heavy atom. The normalized spacial score (nSPS) is 20.4. The highest BCUT2D eigenvalue weighted by atomic mass is 16.7. The van der Waals surface area contributed by atoms with Gasteiger partial charge in [0.15, 0.2) is 6.29 Å². The zero-order valence-electron chi connectivity index (χ0n) is 38.5. The first-order chi connectivity index (χ1) is 29.4. The van der Waals surface area contributed by atoms with Gasteiger partial charge in [0.1, 0.15) is 30.5 Å². The van der Waals surface area contributed by atoms with Gasteiger partial charge in [0.2, 0.25) is 0 Å². The number of aliphatic hydroxyl groups is 4. The number of carbonyl (C=O) groups is 1. The van der Waals surface area contributed by atoms with Crippen molar-refractivity contribution in [1.82, 2.24) is 0 Å². The van der Waals surface area contributed by atoms with Gasteiger partial charge in [-0.3, -0.25) is 4.79 Å². The molecule has 350 valence electrons. The Kier molecular flexibility index (Phi) is 39.7. The van der Waals surface area contributed by atoms with Crippen molar-refractivity contribution in [1.29, 1.82) is 0 Å². The Hall–Kier alpha value is -1.85. The predicted octanol–water partition coefficient (Wildman–Crippen LogP) is 11.7. The number of esters is 1. The molecule has 0 saturated carbocycles. The second kappa shape index (κ2) is 42.5. The Morgan fingerprint density at radius 1 is 0.533 bits per heavy atom. The van der Waals surface area contributed by atoms with Crippen molar-refractivity contribution < 1.29 is 44.2 Å². The largest absolute Gasteiger partial charge is 0.457 e. The van der Waals surface area contributed by atoms with Gasteiger partial charge in [0, 0.05) is 13.0 Å². The van der Waals surface area contributed by atoms with Crippen LogP contribution >= 0.6 is 0 Å². The molecular formula is C51H92O9. The molecule has 0 aliphatic carbocycles. The lowest BCUT2D eigenvalue weighted by atomic mass is 9.99. The van der Waals surface area contributed by atoms with E-state index in [1.165, 1.54) is 128 Å². The maximum atomic E-state index is 12.8. The number of aliphatic hydroxyl groups excluding tert-OH is 4. The van der Waals surface area contributed by atoms with E-state index >= 15 is 0 Å². The number of unbranched alkanes of at least 4 members (excludes halogenated alkanes) is 23. The van der Waals surface area contributed by atoms with E-state index in [-0.39, 0.29) is 19.2 Å². The molecule has 1 heterocycles. The van der Waals surface area contributed by atoms with Crippen molar-refractivity contribution in [2.75, 3.05) is 26.4 Å². The first-order valence-electron chi connectivity index (χ1n) is 24.7. The standard InChI is InChI=1S/C51H92O9/c1-3-5-7-9-11-13-15-17-19-21-22-23-25-27-29-31-33-35-37-39-41-57-43-45(44-58-51-50(56)49(55)48(54)46(42-52)60-51)59-47(53)40-38-36-34-32-30-28-26-24-20-18-16-14-12-10-8-6-4-2/h11,13,17-20,22-23,45-46,48-52,54-56H,3-10,12,14-16,21,24-44H2,1-2H3/b13-11-,19-17-,20-18-,23-22-. The third-order valence-electron chi connectivity index (χ3n) is 11.2. The van der Waals surface area contributed by atoms with Gasteiger partial charge < -0.3 is 39.4 Å². The van der Waals surface area contributed by atoms with Crippen molar-refractivity contribution in [3.05, 3.63) is 48.6 Å². The summed E-state index contributed by atoms with van der Waals surface area (Å²) in [6.07, 6.45) is 45.6. The molecule has 0 aromatic heterocycles. The maximum Gasteiger partial charge on any atom is 0.306 e. The molecule has 1 aliphatic rings. The Bertz CT molecular complexity index is 1060. The minimum Gasteiger partial charge on any atom is -0.457 e. The quantitative estimate of drug-likeness (QED) is 0.0269. The van der Waals surface area contributed by atoms with E-state index < -0.39 is 43.4 Å². The van der Waals surface area contributed by atoms with E-state index in [2.05, 4.69) is 62.5 Å². The molecule has 4 N–H and O–H groups in total. The van der Waals surface area contributed by atoms with Gasteiger partial charge in [-0.2, -0.15) is 0 Å². The van der Waals surface area contributed by atoms with Gasteiger partial charge in [-0.05, 0) is 77.0 Å². The summed E-state index contributed by atoms with van der Waals surface area (Å²) >= 11 is 0. The highest BCUT2D eigenvalue weighted by Crippen LogP contribution is 2.22. The second-order valence-electron chi connectivity index (χ2n) is 16.9. The molecular weight excluding hydrogens is 757 g/mol. The molecule has 6 atom stereocenters. The average Bonchev–Trinajstić information content (AvgIpc) is 3.25. The number of rotatable bonds is 42. The summed E-state index contributed by atoms with van der Waals surface area (Å²) in [5, 5.41) is 40.2. The summed E-state index contributed by atoms with van der Waals surface area (Å²) in [5.74, 6) is -0.322. The van der Waals surface area contributed by atoms with E-state index in [0.29, 0.717) is 13.0 Å². The topological polar surface area (TPSA) is 135 Å². The number of hydrogen-bond acceptors (Lipinski definition) is 9. The molecule has 9 heteroatoms.